The molecule has 0 aliphatic rings. The summed E-state index contributed by atoms with van der Waals surface area (Å²) >= 11 is 5.05. The number of carbonyl (C=O) groups excluding carboxylic acids is 1. The molecule has 0 fully saturated rings. The number of carbonyl (C=O) groups is 1. The van der Waals surface area contributed by atoms with Gasteiger partial charge in [-0.25, -0.2) is 0 Å². The third-order valence-electron chi connectivity index (χ3n) is 3.23. The molecular weight excluding hydrogens is 298 g/mol. The first-order valence-electron chi connectivity index (χ1n) is 7.55. The Balaban J connectivity index is 2.20. The smallest absolute Gasteiger partial charge is 0.276 e. The van der Waals surface area contributed by atoms with E-state index in [4.69, 9.17) is 17.0 Å². The van der Waals surface area contributed by atoms with Gasteiger partial charge in [-0.2, -0.15) is 0 Å². The standard InChI is InChI=1S/C16H25N3O2S/c1-4-5-6-9-17-16(22)19-18-15(20)11-21-14-8-7-12(2)13(3)10-14/h7-8,10H,4-6,9,11H2,1-3H3,(H,18,20)(H2,17,19,22). The van der Waals surface area contributed by atoms with Gasteiger partial charge in [0.25, 0.3) is 5.91 Å². The summed E-state index contributed by atoms with van der Waals surface area (Å²) in [6.45, 7) is 6.92. The summed E-state index contributed by atoms with van der Waals surface area (Å²) in [5.74, 6) is 0.398. The number of nitrogens with one attached hydrogen (secondary N) is 3. The molecule has 0 bridgehead atoms. The van der Waals surface area contributed by atoms with Gasteiger partial charge in [-0.05, 0) is 55.7 Å². The summed E-state index contributed by atoms with van der Waals surface area (Å²) in [5.41, 5.74) is 7.48. The number of amides is 1. The lowest BCUT2D eigenvalue weighted by Crippen LogP contribution is -2.48. The predicted molar refractivity (Wildman–Crippen MR) is 92.8 cm³/mol. The Labute approximate surface area is 137 Å². The fraction of sp³-hybridized carbons (Fsp3) is 0.500. The lowest BCUT2D eigenvalue weighted by molar-refractivity contribution is -0.123. The van der Waals surface area contributed by atoms with E-state index >= 15 is 0 Å². The Morgan fingerprint density at radius 1 is 1.18 bits per heavy atom. The lowest BCUT2D eigenvalue weighted by atomic mass is 10.1. The maximum absolute atomic E-state index is 11.7. The normalized spacial score (nSPS) is 9.95. The summed E-state index contributed by atoms with van der Waals surface area (Å²) in [6.07, 6.45) is 3.38. The topological polar surface area (TPSA) is 62.4 Å². The van der Waals surface area contributed by atoms with Gasteiger partial charge in [-0.3, -0.25) is 15.6 Å². The molecule has 0 heterocycles. The first-order chi connectivity index (χ1) is 10.5. The van der Waals surface area contributed by atoms with Crippen LogP contribution in [0.5, 0.6) is 5.75 Å². The molecule has 6 heteroatoms. The number of aryl methyl sites for hydroxylation is 2. The zero-order chi connectivity index (χ0) is 16.4. The van der Waals surface area contributed by atoms with E-state index in [1.165, 1.54) is 5.56 Å². The van der Waals surface area contributed by atoms with Gasteiger partial charge < -0.3 is 10.1 Å². The average Bonchev–Trinajstić information content (AvgIpc) is 2.50. The van der Waals surface area contributed by atoms with Crippen molar-refractivity contribution in [2.45, 2.75) is 40.0 Å². The van der Waals surface area contributed by atoms with Gasteiger partial charge in [-0.1, -0.05) is 25.8 Å². The molecule has 0 atom stereocenters. The average molecular weight is 323 g/mol. The highest BCUT2D eigenvalue weighted by molar-refractivity contribution is 7.80. The van der Waals surface area contributed by atoms with Crippen LogP contribution in [0.4, 0.5) is 0 Å². The van der Waals surface area contributed by atoms with E-state index in [0.717, 1.165) is 31.4 Å². The van der Waals surface area contributed by atoms with Crippen molar-refractivity contribution in [3.05, 3.63) is 29.3 Å². The summed E-state index contributed by atoms with van der Waals surface area (Å²) in [7, 11) is 0. The van der Waals surface area contributed by atoms with Crippen LogP contribution in [0.3, 0.4) is 0 Å². The highest BCUT2D eigenvalue weighted by atomic mass is 32.1. The molecule has 0 aliphatic carbocycles. The Bertz CT molecular complexity index is 506. The molecular formula is C16H25N3O2S. The highest BCUT2D eigenvalue weighted by Gasteiger charge is 2.04. The van der Waals surface area contributed by atoms with Gasteiger partial charge in [0.1, 0.15) is 5.75 Å². The first kappa shape index (κ1) is 18.2. The van der Waals surface area contributed by atoms with Crippen molar-refractivity contribution >= 4 is 23.2 Å². The minimum Gasteiger partial charge on any atom is -0.484 e. The molecule has 0 radical (unpaired) electrons. The number of ether oxygens (including phenoxy) is 1. The molecule has 5 nitrogen and oxygen atoms in total. The molecule has 0 saturated heterocycles. The van der Waals surface area contributed by atoms with Crippen molar-refractivity contribution in [1.29, 1.82) is 0 Å². The molecule has 0 spiro atoms. The number of hydrazine groups is 1. The minimum absolute atomic E-state index is 0.0616. The van der Waals surface area contributed by atoms with Crippen molar-refractivity contribution < 1.29 is 9.53 Å². The molecule has 0 unspecified atom stereocenters. The van der Waals surface area contributed by atoms with E-state index in [2.05, 4.69) is 23.1 Å². The Kier molecular flexibility index (Phi) is 8.28. The second-order valence-corrected chi connectivity index (χ2v) is 5.58. The van der Waals surface area contributed by atoms with Gasteiger partial charge in [-0.15, -0.1) is 0 Å². The second-order valence-electron chi connectivity index (χ2n) is 5.17. The van der Waals surface area contributed by atoms with Crippen molar-refractivity contribution in [2.24, 2.45) is 0 Å². The molecule has 22 heavy (non-hydrogen) atoms. The van der Waals surface area contributed by atoms with Gasteiger partial charge in [0.05, 0.1) is 0 Å². The number of rotatable bonds is 7. The summed E-state index contributed by atoms with van der Waals surface area (Å²) in [4.78, 5) is 11.7. The molecule has 3 N–H and O–H groups in total. The summed E-state index contributed by atoms with van der Waals surface area (Å²) in [6, 6.07) is 5.73. The Morgan fingerprint density at radius 2 is 1.95 bits per heavy atom. The van der Waals surface area contributed by atoms with E-state index in [9.17, 15) is 4.79 Å². The van der Waals surface area contributed by atoms with Crippen LogP contribution in [0.1, 0.15) is 37.3 Å². The predicted octanol–water partition coefficient (Wildman–Crippen LogP) is 2.37. The van der Waals surface area contributed by atoms with Crippen molar-refractivity contribution in [1.82, 2.24) is 16.2 Å². The molecule has 1 amide bonds. The highest BCUT2D eigenvalue weighted by Crippen LogP contribution is 2.16. The van der Waals surface area contributed by atoms with Gasteiger partial charge in [0.15, 0.2) is 11.7 Å². The fourth-order valence-electron chi connectivity index (χ4n) is 1.74. The van der Waals surface area contributed by atoms with Crippen LogP contribution >= 0.6 is 12.2 Å². The van der Waals surface area contributed by atoms with Crippen LogP contribution in [0, 0.1) is 13.8 Å². The number of benzene rings is 1. The molecule has 0 aromatic heterocycles. The van der Waals surface area contributed by atoms with E-state index < -0.39 is 0 Å². The Morgan fingerprint density at radius 3 is 2.64 bits per heavy atom. The van der Waals surface area contributed by atoms with E-state index in [-0.39, 0.29) is 12.5 Å². The number of unbranched alkanes of at least 4 members (excludes halogenated alkanes) is 2. The van der Waals surface area contributed by atoms with Crippen molar-refractivity contribution in [3.63, 3.8) is 0 Å². The van der Waals surface area contributed by atoms with Crippen LogP contribution < -0.4 is 20.9 Å². The maximum atomic E-state index is 11.7. The third kappa shape index (κ3) is 7.26. The van der Waals surface area contributed by atoms with Crippen LogP contribution in [-0.4, -0.2) is 24.2 Å². The second kappa shape index (κ2) is 10.00. The van der Waals surface area contributed by atoms with Gasteiger partial charge in [0.2, 0.25) is 0 Å². The van der Waals surface area contributed by atoms with E-state index in [1.54, 1.807) is 0 Å². The molecule has 0 aliphatic heterocycles. The largest absolute Gasteiger partial charge is 0.484 e. The quantitative estimate of drug-likeness (QED) is 0.408. The fourth-order valence-corrected chi connectivity index (χ4v) is 1.89. The van der Waals surface area contributed by atoms with Crippen LogP contribution in [0.25, 0.3) is 0 Å². The zero-order valence-electron chi connectivity index (χ0n) is 13.5. The van der Waals surface area contributed by atoms with Gasteiger partial charge >= 0.3 is 0 Å². The SMILES string of the molecule is CCCCCNC(=S)NNC(=O)COc1ccc(C)c(C)c1. The van der Waals surface area contributed by atoms with Crippen LogP contribution in [0.15, 0.2) is 18.2 Å². The zero-order valence-corrected chi connectivity index (χ0v) is 14.3. The van der Waals surface area contributed by atoms with Crippen LogP contribution in [-0.2, 0) is 4.79 Å². The molecule has 0 saturated carbocycles. The minimum atomic E-state index is -0.282. The van der Waals surface area contributed by atoms with E-state index in [0.29, 0.717) is 10.9 Å². The number of hydrogen-bond acceptors (Lipinski definition) is 3. The molecule has 122 valence electrons. The van der Waals surface area contributed by atoms with E-state index in [1.807, 2.05) is 32.0 Å². The molecule has 1 aromatic rings. The lowest BCUT2D eigenvalue weighted by Gasteiger charge is -2.12. The van der Waals surface area contributed by atoms with Crippen molar-refractivity contribution in [2.75, 3.05) is 13.2 Å². The monoisotopic (exact) mass is 323 g/mol. The van der Waals surface area contributed by atoms with Crippen LogP contribution in [0.2, 0.25) is 0 Å². The number of thiocarbonyl (C=S) groups is 1. The van der Waals surface area contributed by atoms with Gasteiger partial charge in [0, 0.05) is 6.54 Å². The molecule has 1 aromatic carbocycles. The summed E-state index contributed by atoms with van der Waals surface area (Å²) < 4.78 is 5.43. The summed E-state index contributed by atoms with van der Waals surface area (Å²) in [5, 5.41) is 3.44. The Hall–Kier alpha value is -1.82. The first-order valence-corrected chi connectivity index (χ1v) is 7.96. The molecule has 1 rings (SSSR count). The number of hydrogen-bond donors (Lipinski definition) is 3. The maximum Gasteiger partial charge on any atom is 0.276 e. The van der Waals surface area contributed by atoms with Crippen molar-refractivity contribution in [3.8, 4) is 5.75 Å². The third-order valence-corrected chi connectivity index (χ3v) is 3.48.